The highest BCUT2D eigenvalue weighted by atomic mass is 15.2. The van der Waals surface area contributed by atoms with E-state index < -0.39 is 0 Å². The summed E-state index contributed by atoms with van der Waals surface area (Å²) in [5, 5.41) is 0. The number of rotatable bonds is 3. The molecule has 0 fully saturated rings. The second-order valence-corrected chi connectivity index (χ2v) is 1.75. The average molecular weight is 133 g/mol. The minimum absolute atomic E-state index is 0.491. The molecule has 9 heavy (non-hydrogen) atoms. The topological polar surface area (TPSA) is 64.1 Å². The summed E-state index contributed by atoms with van der Waals surface area (Å²) in [5.41, 5.74) is 7.80. The standard InChI is InChI=1S/C4H13N3.C2H6/c1-4(2-5)3-7-6;1-2/h4,7H,2-3,5-6H2,1H3;1-2H3. The minimum Gasteiger partial charge on any atom is -0.330 e. The predicted octanol–water partition coefficient (Wildman–Crippen LogP) is 0.0707. The van der Waals surface area contributed by atoms with Gasteiger partial charge in [-0.25, -0.2) is 0 Å². The molecule has 1 atom stereocenters. The highest BCUT2D eigenvalue weighted by Gasteiger charge is 1.92. The van der Waals surface area contributed by atoms with Crippen LogP contribution >= 0.6 is 0 Å². The first kappa shape index (κ1) is 11.6. The molecule has 3 heteroatoms. The zero-order valence-electron chi connectivity index (χ0n) is 6.65. The molecule has 3 nitrogen and oxygen atoms in total. The lowest BCUT2D eigenvalue weighted by atomic mass is 10.2. The average Bonchev–Trinajstić information content (AvgIpc) is 1.93. The van der Waals surface area contributed by atoms with Crippen molar-refractivity contribution in [2.24, 2.45) is 17.5 Å². The summed E-state index contributed by atoms with van der Waals surface area (Å²) >= 11 is 0. The molecule has 0 aliphatic rings. The van der Waals surface area contributed by atoms with Crippen molar-refractivity contribution < 1.29 is 0 Å². The molecule has 0 heterocycles. The third kappa shape index (κ3) is 11.4. The molecule has 0 aromatic carbocycles. The summed E-state index contributed by atoms with van der Waals surface area (Å²) in [7, 11) is 0. The predicted molar refractivity (Wildman–Crippen MR) is 41.8 cm³/mol. The van der Waals surface area contributed by atoms with E-state index in [1.165, 1.54) is 0 Å². The molecule has 0 bridgehead atoms. The molecule has 0 aliphatic carbocycles. The molecule has 0 rings (SSSR count). The van der Waals surface area contributed by atoms with Gasteiger partial charge in [0.05, 0.1) is 0 Å². The van der Waals surface area contributed by atoms with Gasteiger partial charge < -0.3 is 5.73 Å². The maximum absolute atomic E-state index is 5.26. The van der Waals surface area contributed by atoms with Crippen LogP contribution in [0.4, 0.5) is 0 Å². The third-order valence-corrected chi connectivity index (χ3v) is 0.869. The lowest BCUT2D eigenvalue weighted by Crippen LogP contribution is -2.30. The fraction of sp³-hybridized carbons (Fsp3) is 1.00. The second-order valence-electron chi connectivity index (χ2n) is 1.75. The highest BCUT2D eigenvalue weighted by Crippen LogP contribution is 1.83. The summed E-state index contributed by atoms with van der Waals surface area (Å²) in [4.78, 5) is 0. The number of hydrogen-bond acceptors (Lipinski definition) is 3. The van der Waals surface area contributed by atoms with E-state index in [2.05, 4.69) is 5.43 Å². The van der Waals surface area contributed by atoms with Gasteiger partial charge in [0.2, 0.25) is 0 Å². The van der Waals surface area contributed by atoms with Gasteiger partial charge in [-0.3, -0.25) is 11.3 Å². The van der Waals surface area contributed by atoms with Crippen LogP contribution in [0.5, 0.6) is 0 Å². The molecular formula is C6H19N3. The highest BCUT2D eigenvalue weighted by molar-refractivity contribution is 4.51. The van der Waals surface area contributed by atoms with Crippen LogP contribution in [0.1, 0.15) is 20.8 Å². The first-order valence-electron chi connectivity index (χ1n) is 3.44. The Kier molecular flexibility index (Phi) is 14.0. The molecule has 1 unspecified atom stereocenters. The molecule has 0 radical (unpaired) electrons. The van der Waals surface area contributed by atoms with Crippen LogP contribution in [-0.2, 0) is 0 Å². The van der Waals surface area contributed by atoms with Crippen molar-refractivity contribution in [2.45, 2.75) is 20.8 Å². The van der Waals surface area contributed by atoms with E-state index in [4.69, 9.17) is 11.6 Å². The molecule has 5 N–H and O–H groups in total. The minimum atomic E-state index is 0.491. The van der Waals surface area contributed by atoms with Crippen LogP contribution < -0.4 is 17.0 Å². The normalized spacial score (nSPS) is 11.7. The van der Waals surface area contributed by atoms with Crippen LogP contribution in [0.2, 0.25) is 0 Å². The van der Waals surface area contributed by atoms with Gasteiger partial charge in [-0.05, 0) is 12.5 Å². The summed E-state index contributed by atoms with van der Waals surface area (Å²) in [6, 6.07) is 0. The fourth-order valence-corrected chi connectivity index (χ4v) is 0.285. The Bertz CT molecular complexity index is 39.3. The zero-order valence-corrected chi connectivity index (χ0v) is 6.65. The summed E-state index contributed by atoms with van der Waals surface area (Å²) in [5.74, 6) is 5.49. The van der Waals surface area contributed by atoms with Gasteiger partial charge in [0, 0.05) is 6.54 Å². The number of hydrazine groups is 1. The van der Waals surface area contributed by atoms with E-state index in [9.17, 15) is 0 Å². The number of nitrogens with two attached hydrogens (primary N) is 2. The third-order valence-electron chi connectivity index (χ3n) is 0.869. The Balaban J connectivity index is 0. The van der Waals surface area contributed by atoms with E-state index in [0.29, 0.717) is 12.5 Å². The summed E-state index contributed by atoms with van der Waals surface area (Å²) in [6.45, 7) is 7.54. The molecule has 0 aromatic rings. The first-order chi connectivity index (χ1) is 4.31. The number of nitrogens with one attached hydrogen (secondary N) is 1. The monoisotopic (exact) mass is 133 g/mol. The van der Waals surface area contributed by atoms with Gasteiger partial charge in [0.15, 0.2) is 0 Å². The van der Waals surface area contributed by atoms with E-state index in [1.807, 2.05) is 20.8 Å². The molecule has 0 aliphatic heterocycles. The SMILES string of the molecule is CC.CC(CN)CNN. The summed E-state index contributed by atoms with van der Waals surface area (Å²) in [6.07, 6.45) is 0. The van der Waals surface area contributed by atoms with Crippen molar-refractivity contribution in [2.75, 3.05) is 13.1 Å². The first-order valence-corrected chi connectivity index (χ1v) is 3.44. The Morgan fingerprint density at radius 3 is 2.00 bits per heavy atom. The lowest BCUT2D eigenvalue weighted by Gasteiger charge is -2.03. The Labute approximate surface area is 57.8 Å². The van der Waals surface area contributed by atoms with Gasteiger partial charge in [0.1, 0.15) is 0 Å². The maximum atomic E-state index is 5.26. The quantitative estimate of drug-likeness (QED) is 0.377. The Morgan fingerprint density at radius 2 is 1.89 bits per heavy atom. The Morgan fingerprint density at radius 1 is 1.44 bits per heavy atom. The van der Waals surface area contributed by atoms with Gasteiger partial charge in [-0.15, -0.1) is 0 Å². The molecular weight excluding hydrogens is 114 g/mol. The van der Waals surface area contributed by atoms with E-state index in [-0.39, 0.29) is 0 Å². The van der Waals surface area contributed by atoms with Crippen LogP contribution in [0, 0.1) is 5.92 Å². The molecule has 0 saturated heterocycles. The Hall–Kier alpha value is -0.120. The van der Waals surface area contributed by atoms with Gasteiger partial charge in [-0.1, -0.05) is 20.8 Å². The molecule has 0 amide bonds. The molecule has 0 aromatic heterocycles. The maximum Gasteiger partial charge on any atom is 0.0135 e. The van der Waals surface area contributed by atoms with Crippen LogP contribution in [0.3, 0.4) is 0 Å². The second kappa shape index (κ2) is 10.8. The van der Waals surface area contributed by atoms with Crippen LogP contribution in [0.15, 0.2) is 0 Å². The van der Waals surface area contributed by atoms with Crippen molar-refractivity contribution in [3.8, 4) is 0 Å². The van der Waals surface area contributed by atoms with Crippen LogP contribution in [0.25, 0.3) is 0 Å². The fourth-order valence-electron chi connectivity index (χ4n) is 0.285. The smallest absolute Gasteiger partial charge is 0.0135 e. The van der Waals surface area contributed by atoms with E-state index in [1.54, 1.807) is 0 Å². The lowest BCUT2D eigenvalue weighted by molar-refractivity contribution is 0.534. The van der Waals surface area contributed by atoms with Crippen LogP contribution in [-0.4, -0.2) is 13.1 Å². The number of hydrogen-bond donors (Lipinski definition) is 3. The van der Waals surface area contributed by atoms with Crippen molar-refractivity contribution in [3.05, 3.63) is 0 Å². The zero-order chi connectivity index (χ0) is 7.70. The van der Waals surface area contributed by atoms with Gasteiger partial charge in [0.25, 0.3) is 0 Å². The van der Waals surface area contributed by atoms with E-state index in [0.717, 1.165) is 6.54 Å². The van der Waals surface area contributed by atoms with E-state index >= 15 is 0 Å². The van der Waals surface area contributed by atoms with Gasteiger partial charge >= 0.3 is 0 Å². The largest absolute Gasteiger partial charge is 0.330 e. The molecule has 58 valence electrons. The van der Waals surface area contributed by atoms with Crippen molar-refractivity contribution in [3.63, 3.8) is 0 Å². The molecule has 0 spiro atoms. The van der Waals surface area contributed by atoms with Crippen molar-refractivity contribution >= 4 is 0 Å². The van der Waals surface area contributed by atoms with Crippen molar-refractivity contribution in [1.29, 1.82) is 0 Å². The van der Waals surface area contributed by atoms with Gasteiger partial charge in [-0.2, -0.15) is 0 Å². The van der Waals surface area contributed by atoms with Crippen molar-refractivity contribution in [1.82, 2.24) is 5.43 Å². The summed E-state index contributed by atoms with van der Waals surface area (Å²) < 4.78 is 0. The molecule has 0 saturated carbocycles.